The number of rotatable bonds is 4. The van der Waals surface area contributed by atoms with Gasteiger partial charge in [0.1, 0.15) is 5.56 Å². The predicted molar refractivity (Wildman–Crippen MR) is 56.5 cm³/mol. The highest BCUT2D eigenvalue weighted by Crippen LogP contribution is 2.19. The summed E-state index contributed by atoms with van der Waals surface area (Å²) in [5, 5.41) is 9.16. The maximum atomic E-state index is 10.8. The van der Waals surface area contributed by atoms with E-state index in [0.717, 1.165) is 0 Å². The van der Waals surface area contributed by atoms with Crippen molar-refractivity contribution < 1.29 is 14.6 Å². The summed E-state index contributed by atoms with van der Waals surface area (Å²) in [4.78, 5) is 14.7. The molecule has 0 atom stereocenters. The lowest BCUT2D eigenvalue weighted by molar-refractivity contribution is 0.0690. The molecular formula is C10H12ClNO3. The first kappa shape index (κ1) is 11.8. The largest absolute Gasteiger partial charge is 0.477 e. The van der Waals surface area contributed by atoms with E-state index in [1.165, 1.54) is 12.3 Å². The molecule has 1 rings (SSSR count). The second-order valence-corrected chi connectivity index (χ2v) is 3.95. The minimum atomic E-state index is -1.09. The molecule has 1 heterocycles. The maximum absolute atomic E-state index is 10.8. The van der Waals surface area contributed by atoms with Crippen molar-refractivity contribution in [2.24, 2.45) is 5.92 Å². The molecule has 1 aromatic rings. The number of ether oxygens (including phenoxy) is 1. The van der Waals surface area contributed by atoms with Crippen LogP contribution in [0.25, 0.3) is 0 Å². The molecule has 1 aromatic heterocycles. The number of carbonyl (C=O) groups is 1. The van der Waals surface area contributed by atoms with Crippen molar-refractivity contribution in [2.75, 3.05) is 6.61 Å². The van der Waals surface area contributed by atoms with Gasteiger partial charge in [-0.1, -0.05) is 25.4 Å². The lowest BCUT2D eigenvalue weighted by Crippen LogP contribution is -2.09. The van der Waals surface area contributed by atoms with E-state index in [4.69, 9.17) is 21.4 Å². The number of aromatic nitrogens is 1. The number of halogens is 1. The van der Waals surface area contributed by atoms with E-state index in [-0.39, 0.29) is 16.5 Å². The normalized spacial score (nSPS) is 10.4. The summed E-state index contributed by atoms with van der Waals surface area (Å²) in [6, 6.07) is 1.33. The Hall–Kier alpha value is -1.29. The van der Waals surface area contributed by atoms with Crippen LogP contribution in [0.15, 0.2) is 12.3 Å². The maximum Gasteiger partial charge on any atom is 0.341 e. The number of aromatic carboxylic acids is 1. The molecule has 4 nitrogen and oxygen atoms in total. The van der Waals surface area contributed by atoms with Crippen LogP contribution in [0.2, 0.25) is 5.02 Å². The van der Waals surface area contributed by atoms with Crippen LogP contribution in [0.4, 0.5) is 0 Å². The highest BCUT2D eigenvalue weighted by Gasteiger charge is 2.13. The van der Waals surface area contributed by atoms with Crippen molar-refractivity contribution in [3.8, 4) is 5.88 Å². The second-order valence-electron chi connectivity index (χ2n) is 3.52. The van der Waals surface area contributed by atoms with E-state index in [1.807, 2.05) is 13.8 Å². The van der Waals surface area contributed by atoms with E-state index in [2.05, 4.69) is 4.98 Å². The minimum Gasteiger partial charge on any atom is -0.477 e. The molecule has 0 aliphatic heterocycles. The Labute approximate surface area is 92.8 Å². The van der Waals surface area contributed by atoms with Crippen LogP contribution in [-0.2, 0) is 0 Å². The predicted octanol–water partition coefficient (Wildman–Crippen LogP) is 2.47. The fourth-order valence-electron chi connectivity index (χ4n) is 0.941. The Kier molecular flexibility index (Phi) is 3.91. The van der Waals surface area contributed by atoms with Gasteiger partial charge < -0.3 is 9.84 Å². The number of carboxylic acid groups (broad SMARTS) is 1. The average molecular weight is 230 g/mol. The summed E-state index contributed by atoms with van der Waals surface area (Å²) in [5.74, 6) is -0.673. The molecule has 5 heteroatoms. The van der Waals surface area contributed by atoms with Crippen LogP contribution in [0.3, 0.4) is 0 Å². The molecule has 0 aliphatic carbocycles. The van der Waals surface area contributed by atoms with Gasteiger partial charge >= 0.3 is 5.97 Å². The third-order valence-electron chi connectivity index (χ3n) is 1.60. The van der Waals surface area contributed by atoms with Gasteiger partial charge in [-0.3, -0.25) is 0 Å². The van der Waals surface area contributed by atoms with Gasteiger partial charge in [0, 0.05) is 6.20 Å². The number of hydrogen-bond donors (Lipinski definition) is 1. The standard InChI is InChI=1S/C10H12ClNO3/c1-6(2)5-15-9-8(10(13)14)3-7(11)4-12-9/h3-4,6H,5H2,1-2H3,(H,13,14). The van der Waals surface area contributed by atoms with Gasteiger partial charge in [-0.15, -0.1) is 0 Å². The fourth-order valence-corrected chi connectivity index (χ4v) is 1.10. The van der Waals surface area contributed by atoms with Crippen molar-refractivity contribution >= 4 is 17.6 Å². The summed E-state index contributed by atoms with van der Waals surface area (Å²) in [7, 11) is 0. The van der Waals surface area contributed by atoms with Crippen LogP contribution in [0.1, 0.15) is 24.2 Å². The monoisotopic (exact) mass is 229 g/mol. The van der Waals surface area contributed by atoms with E-state index in [1.54, 1.807) is 0 Å². The quantitative estimate of drug-likeness (QED) is 0.862. The molecule has 0 aromatic carbocycles. The molecule has 0 aliphatic rings. The van der Waals surface area contributed by atoms with E-state index in [0.29, 0.717) is 12.5 Å². The highest BCUT2D eigenvalue weighted by molar-refractivity contribution is 6.30. The summed E-state index contributed by atoms with van der Waals surface area (Å²) in [5.41, 5.74) is -0.0110. The van der Waals surface area contributed by atoms with Crippen LogP contribution < -0.4 is 4.74 Å². The molecule has 0 unspecified atom stereocenters. The van der Waals surface area contributed by atoms with Crippen LogP contribution in [0, 0.1) is 5.92 Å². The van der Waals surface area contributed by atoms with Gasteiger partial charge in [0.2, 0.25) is 5.88 Å². The van der Waals surface area contributed by atoms with Crippen molar-refractivity contribution in [3.05, 3.63) is 22.8 Å². The topological polar surface area (TPSA) is 59.4 Å². The van der Waals surface area contributed by atoms with Gasteiger partial charge in [-0.2, -0.15) is 0 Å². The summed E-state index contributed by atoms with van der Waals surface area (Å²) < 4.78 is 5.26. The zero-order valence-electron chi connectivity index (χ0n) is 8.53. The first-order chi connectivity index (χ1) is 7.00. The molecule has 0 bridgehead atoms. The van der Waals surface area contributed by atoms with Gasteiger partial charge in [-0.25, -0.2) is 9.78 Å². The molecule has 0 amide bonds. The zero-order valence-corrected chi connectivity index (χ0v) is 9.28. The van der Waals surface area contributed by atoms with Gasteiger partial charge in [0.15, 0.2) is 0 Å². The summed E-state index contributed by atoms with van der Waals surface area (Å²) in [6.45, 7) is 4.36. The molecule has 0 spiro atoms. The third-order valence-corrected chi connectivity index (χ3v) is 1.81. The Morgan fingerprint density at radius 2 is 2.33 bits per heavy atom. The molecule has 0 fully saturated rings. The molecule has 0 radical (unpaired) electrons. The van der Waals surface area contributed by atoms with Crippen molar-refractivity contribution in [3.63, 3.8) is 0 Å². The van der Waals surface area contributed by atoms with Gasteiger partial charge in [0.05, 0.1) is 11.6 Å². The summed E-state index contributed by atoms with van der Waals surface area (Å²) >= 11 is 5.64. The van der Waals surface area contributed by atoms with Crippen molar-refractivity contribution in [1.82, 2.24) is 4.98 Å². The van der Waals surface area contributed by atoms with Crippen molar-refractivity contribution in [1.29, 1.82) is 0 Å². The Morgan fingerprint density at radius 1 is 1.67 bits per heavy atom. The van der Waals surface area contributed by atoms with Crippen LogP contribution in [-0.4, -0.2) is 22.7 Å². The molecule has 82 valence electrons. The Bertz CT molecular complexity index is 366. The fraction of sp³-hybridized carbons (Fsp3) is 0.400. The molecular weight excluding hydrogens is 218 g/mol. The first-order valence-electron chi connectivity index (χ1n) is 4.52. The van der Waals surface area contributed by atoms with Gasteiger partial charge in [0.25, 0.3) is 0 Å². The van der Waals surface area contributed by atoms with E-state index in [9.17, 15) is 4.79 Å². The molecule has 0 saturated carbocycles. The number of carboxylic acids is 1. The SMILES string of the molecule is CC(C)COc1ncc(Cl)cc1C(=O)O. The number of nitrogens with zero attached hydrogens (tertiary/aromatic N) is 1. The van der Waals surface area contributed by atoms with E-state index < -0.39 is 5.97 Å². The number of pyridine rings is 1. The zero-order chi connectivity index (χ0) is 11.4. The third kappa shape index (κ3) is 3.40. The Morgan fingerprint density at radius 3 is 2.87 bits per heavy atom. The van der Waals surface area contributed by atoms with Crippen LogP contribution in [0.5, 0.6) is 5.88 Å². The second kappa shape index (κ2) is 4.98. The lowest BCUT2D eigenvalue weighted by atomic mass is 10.2. The molecule has 1 N–H and O–H groups in total. The minimum absolute atomic E-state index is 0.0110. The molecule has 0 saturated heterocycles. The first-order valence-corrected chi connectivity index (χ1v) is 4.90. The average Bonchev–Trinajstić information content (AvgIpc) is 2.15. The van der Waals surface area contributed by atoms with Crippen LogP contribution >= 0.6 is 11.6 Å². The van der Waals surface area contributed by atoms with Gasteiger partial charge in [-0.05, 0) is 12.0 Å². The van der Waals surface area contributed by atoms with Crippen molar-refractivity contribution in [2.45, 2.75) is 13.8 Å². The summed E-state index contributed by atoms with van der Waals surface area (Å²) in [6.07, 6.45) is 1.36. The smallest absolute Gasteiger partial charge is 0.341 e. The lowest BCUT2D eigenvalue weighted by Gasteiger charge is -2.09. The Balaban J connectivity index is 2.91. The highest BCUT2D eigenvalue weighted by atomic mass is 35.5. The number of hydrogen-bond acceptors (Lipinski definition) is 3. The molecule has 15 heavy (non-hydrogen) atoms. The van der Waals surface area contributed by atoms with E-state index >= 15 is 0 Å².